The number of hydrogen-bond acceptors (Lipinski definition) is 2. The maximum Gasteiger partial charge on any atom is 0.0246 e. The van der Waals surface area contributed by atoms with Crippen molar-refractivity contribution in [2.24, 2.45) is 0 Å². The van der Waals surface area contributed by atoms with Crippen LogP contribution in [0.4, 0.5) is 0 Å². The van der Waals surface area contributed by atoms with Gasteiger partial charge in [0.1, 0.15) is 0 Å². The maximum absolute atomic E-state index is 10.8. The predicted octanol–water partition coefficient (Wildman–Crippen LogP) is 2.31. The van der Waals surface area contributed by atoms with Gasteiger partial charge in [0.15, 0.2) is 0 Å². The molecular formula is C11H25NOS. The molecule has 3 heteroatoms. The third-order valence-electron chi connectivity index (χ3n) is 2.36. The Labute approximate surface area is 91.3 Å². The summed E-state index contributed by atoms with van der Waals surface area (Å²) < 4.78 is 10.8. The molecule has 0 amide bonds. The van der Waals surface area contributed by atoms with Gasteiger partial charge in [0, 0.05) is 28.9 Å². The van der Waals surface area contributed by atoms with Gasteiger partial charge in [-0.2, -0.15) is 0 Å². The van der Waals surface area contributed by atoms with Crippen molar-refractivity contribution in [1.82, 2.24) is 5.32 Å². The van der Waals surface area contributed by atoms with Crippen molar-refractivity contribution in [3.63, 3.8) is 0 Å². The molecule has 0 spiro atoms. The summed E-state index contributed by atoms with van der Waals surface area (Å²) in [6.45, 7) is 5.51. The van der Waals surface area contributed by atoms with Crippen molar-refractivity contribution in [3.05, 3.63) is 0 Å². The zero-order chi connectivity index (χ0) is 10.8. The highest BCUT2D eigenvalue weighted by atomic mass is 32.2. The molecule has 14 heavy (non-hydrogen) atoms. The van der Waals surface area contributed by atoms with Crippen LogP contribution in [0.1, 0.15) is 46.0 Å². The molecule has 0 rings (SSSR count). The zero-order valence-corrected chi connectivity index (χ0v) is 10.7. The molecule has 2 nitrogen and oxygen atoms in total. The van der Waals surface area contributed by atoms with Gasteiger partial charge in [-0.1, -0.05) is 26.2 Å². The molecule has 0 heterocycles. The van der Waals surface area contributed by atoms with Crippen LogP contribution in [0.15, 0.2) is 0 Å². The van der Waals surface area contributed by atoms with Crippen LogP contribution in [0.2, 0.25) is 0 Å². The Morgan fingerprint density at radius 3 is 2.57 bits per heavy atom. The van der Waals surface area contributed by atoms with Gasteiger partial charge in [0.25, 0.3) is 0 Å². The summed E-state index contributed by atoms with van der Waals surface area (Å²) in [7, 11) is -0.637. The Kier molecular flexibility index (Phi) is 9.73. The van der Waals surface area contributed by atoms with Crippen LogP contribution in [0, 0.1) is 0 Å². The van der Waals surface area contributed by atoms with E-state index in [1.165, 1.54) is 25.7 Å². The first-order valence-corrected chi connectivity index (χ1v) is 7.43. The zero-order valence-electron chi connectivity index (χ0n) is 9.84. The summed E-state index contributed by atoms with van der Waals surface area (Å²) in [6, 6.07) is 0.514. The third kappa shape index (κ3) is 10.2. The molecule has 0 saturated carbocycles. The molecule has 86 valence electrons. The highest BCUT2D eigenvalue weighted by Crippen LogP contribution is 1.98. The van der Waals surface area contributed by atoms with Crippen LogP contribution in [0.25, 0.3) is 0 Å². The molecule has 0 aliphatic rings. The quantitative estimate of drug-likeness (QED) is 0.603. The fourth-order valence-corrected chi connectivity index (χ4v) is 2.03. The minimum absolute atomic E-state index is 0.514. The summed E-state index contributed by atoms with van der Waals surface area (Å²) in [4.78, 5) is 0. The van der Waals surface area contributed by atoms with Crippen LogP contribution in [0.5, 0.6) is 0 Å². The second kappa shape index (κ2) is 9.66. The largest absolute Gasteiger partial charge is 0.314 e. The fourth-order valence-electron chi connectivity index (χ4n) is 1.35. The normalized spacial score (nSPS) is 15.4. The number of nitrogens with one attached hydrogen (secondary N) is 1. The topological polar surface area (TPSA) is 29.1 Å². The van der Waals surface area contributed by atoms with Gasteiger partial charge in [-0.25, -0.2) is 0 Å². The Morgan fingerprint density at radius 2 is 2.00 bits per heavy atom. The fraction of sp³-hybridized carbons (Fsp3) is 1.00. The third-order valence-corrected chi connectivity index (χ3v) is 3.17. The molecule has 0 fully saturated rings. The van der Waals surface area contributed by atoms with E-state index < -0.39 is 10.8 Å². The molecular weight excluding hydrogens is 194 g/mol. The molecule has 0 aliphatic heterocycles. The molecule has 2 atom stereocenters. The summed E-state index contributed by atoms with van der Waals surface area (Å²) in [5.41, 5.74) is 0. The van der Waals surface area contributed by atoms with E-state index in [-0.39, 0.29) is 0 Å². The monoisotopic (exact) mass is 219 g/mol. The first-order chi connectivity index (χ1) is 6.66. The summed E-state index contributed by atoms with van der Waals surface area (Å²) in [5, 5.41) is 3.46. The van der Waals surface area contributed by atoms with E-state index in [0.29, 0.717) is 6.04 Å². The van der Waals surface area contributed by atoms with Crippen molar-refractivity contribution in [1.29, 1.82) is 0 Å². The standard InChI is InChI=1S/C11H25NOS/c1-4-5-6-7-9-12-11(2)8-10-14(3)13/h11-12H,4-10H2,1-3H3. The minimum Gasteiger partial charge on any atom is -0.314 e. The molecule has 0 aromatic heterocycles. The number of hydrogen-bond donors (Lipinski definition) is 1. The van der Waals surface area contributed by atoms with Crippen LogP contribution in [0.3, 0.4) is 0 Å². The van der Waals surface area contributed by atoms with Gasteiger partial charge in [0.2, 0.25) is 0 Å². The number of rotatable bonds is 9. The van der Waals surface area contributed by atoms with E-state index in [1.54, 1.807) is 6.26 Å². The van der Waals surface area contributed by atoms with Crippen LogP contribution in [-0.4, -0.2) is 28.8 Å². The van der Waals surface area contributed by atoms with Gasteiger partial charge in [-0.3, -0.25) is 4.21 Å². The summed E-state index contributed by atoms with van der Waals surface area (Å²) >= 11 is 0. The minimum atomic E-state index is -0.637. The molecule has 0 saturated heterocycles. The van der Waals surface area contributed by atoms with Crippen LogP contribution in [-0.2, 0) is 10.8 Å². The summed E-state index contributed by atoms with van der Waals surface area (Å²) in [5.74, 6) is 0.823. The van der Waals surface area contributed by atoms with Crippen LogP contribution < -0.4 is 5.32 Å². The summed E-state index contributed by atoms with van der Waals surface area (Å²) in [6.07, 6.45) is 8.04. The SMILES string of the molecule is CCCCCCNC(C)CCS(C)=O. The van der Waals surface area contributed by atoms with E-state index in [9.17, 15) is 4.21 Å². The number of unbranched alkanes of at least 4 members (excludes halogenated alkanes) is 3. The average Bonchev–Trinajstić information content (AvgIpc) is 2.14. The van der Waals surface area contributed by atoms with Crippen molar-refractivity contribution in [2.75, 3.05) is 18.6 Å². The maximum atomic E-state index is 10.8. The second-order valence-corrected chi connectivity index (χ2v) is 5.54. The lowest BCUT2D eigenvalue weighted by molar-refractivity contribution is 0.510. The smallest absolute Gasteiger partial charge is 0.0246 e. The van der Waals surface area contributed by atoms with Gasteiger partial charge >= 0.3 is 0 Å². The lowest BCUT2D eigenvalue weighted by Gasteiger charge is -2.12. The molecule has 0 bridgehead atoms. The Morgan fingerprint density at radius 1 is 1.29 bits per heavy atom. The van der Waals surface area contributed by atoms with Gasteiger partial charge < -0.3 is 5.32 Å². The molecule has 2 unspecified atom stereocenters. The molecule has 0 aromatic carbocycles. The second-order valence-electron chi connectivity index (χ2n) is 3.98. The van der Waals surface area contributed by atoms with Crippen molar-refractivity contribution < 1.29 is 4.21 Å². The lowest BCUT2D eigenvalue weighted by atomic mass is 10.2. The molecule has 1 N–H and O–H groups in total. The van der Waals surface area contributed by atoms with E-state index in [4.69, 9.17) is 0 Å². The highest BCUT2D eigenvalue weighted by Gasteiger charge is 2.01. The van der Waals surface area contributed by atoms with E-state index in [1.807, 2.05) is 0 Å². The Balaban J connectivity index is 3.18. The van der Waals surface area contributed by atoms with Gasteiger partial charge in [-0.05, 0) is 26.3 Å². The first-order valence-electron chi connectivity index (χ1n) is 5.70. The highest BCUT2D eigenvalue weighted by molar-refractivity contribution is 7.84. The lowest BCUT2D eigenvalue weighted by Crippen LogP contribution is -2.28. The van der Waals surface area contributed by atoms with Crippen molar-refractivity contribution in [3.8, 4) is 0 Å². The van der Waals surface area contributed by atoms with E-state index >= 15 is 0 Å². The van der Waals surface area contributed by atoms with E-state index in [0.717, 1.165) is 18.7 Å². The molecule has 0 aliphatic carbocycles. The average molecular weight is 219 g/mol. The van der Waals surface area contributed by atoms with Crippen molar-refractivity contribution in [2.45, 2.75) is 52.0 Å². The molecule has 0 radical (unpaired) electrons. The Bertz CT molecular complexity index is 150. The predicted molar refractivity (Wildman–Crippen MR) is 65.2 cm³/mol. The Hall–Kier alpha value is 0.110. The van der Waals surface area contributed by atoms with Crippen molar-refractivity contribution >= 4 is 10.8 Å². The van der Waals surface area contributed by atoms with Gasteiger partial charge in [-0.15, -0.1) is 0 Å². The molecule has 0 aromatic rings. The van der Waals surface area contributed by atoms with E-state index in [2.05, 4.69) is 19.2 Å². The van der Waals surface area contributed by atoms with Crippen LogP contribution >= 0.6 is 0 Å². The first kappa shape index (κ1) is 14.1. The van der Waals surface area contributed by atoms with Gasteiger partial charge in [0.05, 0.1) is 0 Å².